The van der Waals surface area contributed by atoms with E-state index in [4.69, 9.17) is 0 Å². The predicted molar refractivity (Wildman–Crippen MR) is 131 cm³/mol. The number of rotatable bonds is 5. The van der Waals surface area contributed by atoms with Crippen LogP contribution < -0.4 is 15.5 Å². The van der Waals surface area contributed by atoms with Crippen molar-refractivity contribution in [3.05, 3.63) is 86.6 Å². The molecule has 0 spiro atoms. The van der Waals surface area contributed by atoms with E-state index in [1.54, 1.807) is 24.5 Å². The van der Waals surface area contributed by atoms with E-state index in [9.17, 15) is 24.6 Å². The van der Waals surface area contributed by atoms with E-state index in [-0.39, 0.29) is 17.0 Å². The number of aryl methyl sites for hydroxylation is 2. The van der Waals surface area contributed by atoms with Gasteiger partial charge in [0.2, 0.25) is 0 Å². The van der Waals surface area contributed by atoms with Gasteiger partial charge in [0.15, 0.2) is 5.17 Å². The van der Waals surface area contributed by atoms with Crippen LogP contribution >= 0.6 is 11.8 Å². The second kappa shape index (κ2) is 9.27. The Hall–Kier alpha value is -4.11. The summed E-state index contributed by atoms with van der Waals surface area (Å²) in [5, 5.41) is 26.1. The number of carbonyl (C=O) groups is 3. The van der Waals surface area contributed by atoms with Crippen molar-refractivity contribution >= 4 is 46.5 Å². The molecular weight excluding hydrogens is 466 g/mol. The van der Waals surface area contributed by atoms with Gasteiger partial charge in [0.1, 0.15) is 0 Å². The summed E-state index contributed by atoms with van der Waals surface area (Å²) in [5.74, 6) is -3.26. The Morgan fingerprint density at radius 1 is 1.00 bits per heavy atom. The molecule has 8 nitrogen and oxygen atoms in total. The first kappa shape index (κ1) is 24.0. The van der Waals surface area contributed by atoms with Crippen LogP contribution in [0.2, 0.25) is 0 Å². The van der Waals surface area contributed by atoms with Gasteiger partial charge in [-0.05, 0) is 104 Å². The maximum atomic E-state index is 12.6. The molecule has 35 heavy (non-hydrogen) atoms. The number of aliphatic imine (C=N–C) groups is 1. The molecule has 0 saturated carbocycles. The first-order chi connectivity index (χ1) is 16.5. The fraction of sp³-hybridized carbons (Fsp3) is 0.154. The van der Waals surface area contributed by atoms with Gasteiger partial charge in [-0.25, -0.2) is 4.99 Å². The zero-order valence-corrected chi connectivity index (χ0v) is 20.3. The second-order valence-electron chi connectivity index (χ2n) is 8.21. The van der Waals surface area contributed by atoms with Gasteiger partial charge in [-0.2, -0.15) is 0 Å². The van der Waals surface area contributed by atoms with E-state index in [1.165, 1.54) is 23.9 Å². The average molecular weight is 488 g/mol. The van der Waals surface area contributed by atoms with Crippen molar-refractivity contribution in [2.24, 2.45) is 4.99 Å². The molecule has 2 heterocycles. The van der Waals surface area contributed by atoms with Crippen molar-refractivity contribution in [3.63, 3.8) is 0 Å². The molecule has 1 fully saturated rings. The molecule has 1 saturated heterocycles. The zero-order chi connectivity index (χ0) is 25.4. The molecule has 0 unspecified atom stereocenters. The van der Waals surface area contributed by atoms with Crippen molar-refractivity contribution in [2.75, 3.05) is 0 Å². The SMILES string of the molecule is Cc1cccc(N=C2NC(=O)/C(=C/c3cc(C)n(-c4cc(C(=O)[O-])cc(C(=O)[O-])c4)c3C)S2)c1C. The number of nitrogens with zero attached hydrogens (tertiary/aromatic N) is 2. The molecule has 1 aliphatic heterocycles. The Kier molecular flexibility index (Phi) is 6.36. The second-order valence-corrected chi connectivity index (χ2v) is 9.24. The molecule has 1 aromatic heterocycles. The van der Waals surface area contributed by atoms with Crippen molar-refractivity contribution in [2.45, 2.75) is 27.7 Å². The minimum absolute atomic E-state index is 0.271. The average Bonchev–Trinajstić information content (AvgIpc) is 3.28. The van der Waals surface area contributed by atoms with Crippen LogP contribution in [0.1, 0.15) is 48.8 Å². The lowest BCUT2D eigenvalue weighted by Crippen LogP contribution is -2.26. The number of nitrogens with one attached hydrogen (secondary N) is 1. The first-order valence-corrected chi connectivity index (χ1v) is 11.5. The van der Waals surface area contributed by atoms with Gasteiger partial charge in [0.25, 0.3) is 5.91 Å². The highest BCUT2D eigenvalue weighted by Gasteiger charge is 2.25. The number of amidine groups is 1. The highest BCUT2D eigenvalue weighted by atomic mass is 32.2. The van der Waals surface area contributed by atoms with Crippen LogP contribution in [0.5, 0.6) is 0 Å². The van der Waals surface area contributed by atoms with E-state index in [0.717, 1.165) is 34.1 Å². The maximum absolute atomic E-state index is 12.6. The number of carboxylic acid groups (broad SMARTS) is 2. The van der Waals surface area contributed by atoms with Gasteiger partial charge in [-0.1, -0.05) is 12.1 Å². The van der Waals surface area contributed by atoms with Crippen LogP contribution in [0.25, 0.3) is 11.8 Å². The number of hydrogen-bond donors (Lipinski definition) is 1. The molecule has 9 heteroatoms. The number of aromatic carboxylic acids is 2. The zero-order valence-electron chi connectivity index (χ0n) is 19.5. The van der Waals surface area contributed by atoms with Crippen molar-refractivity contribution in [3.8, 4) is 5.69 Å². The van der Waals surface area contributed by atoms with Gasteiger partial charge >= 0.3 is 0 Å². The Labute approximate surface area is 206 Å². The molecular formula is C26H21N3O5S-2. The van der Waals surface area contributed by atoms with Crippen LogP contribution in [0.4, 0.5) is 5.69 Å². The Balaban J connectivity index is 1.71. The van der Waals surface area contributed by atoms with Crippen LogP contribution in [0.3, 0.4) is 0 Å². The molecule has 2 aromatic carbocycles. The maximum Gasteiger partial charge on any atom is 0.264 e. The minimum Gasteiger partial charge on any atom is -0.545 e. The van der Waals surface area contributed by atoms with Gasteiger partial charge < -0.3 is 29.7 Å². The molecule has 1 N–H and O–H groups in total. The summed E-state index contributed by atoms with van der Waals surface area (Å²) >= 11 is 1.22. The van der Waals surface area contributed by atoms with Crippen molar-refractivity contribution in [1.82, 2.24) is 9.88 Å². The fourth-order valence-corrected chi connectivity index (χ4v) is 4.72. The first-order valence-electron chi connectivity index (χ1n) is 10.7. The minimum atomic E-state index is -1.49. The van der Waals surface area contributed by atoms with E-state index < -0.39 is 11.9 Å². The number of aromatic nitrogens is 1. The Morgan fingerprint density at radius 3 is 2.29 bits per heavy atom. The number of thioether (sulfide) groups is 1. The Morgan fingerprint density at radius 2 is 1.66 bits per heavy atom. The van der Waals surface area contributed by atoms with Crippen LogP contribution in [0.15, 0.2) is 52.4 Å². The number of amides is 1. The molecule has 0 aliphatic carbocycles. The molecule has 3 aromatic rings. The van der Waals surface area contributed by atoms with E-state index in [0.29, 0.717) is 21.5 Å². The largest absolute Gasteiger partial charge is 0.545 e. The molecule has 178 valence electrons. The summed E-state index contributed by atoms with van der Waals surface area (Å²) in [6.45, 7) is 7.57. The Bertz CT molecular complexity index is 1430. The number of carboxylic acids is 2. The summed E-state index contributed by atoms with van der Waals surface area (Å²) in [7, 11) is 0. The molecule has 0 radical (unpaired) electrons. The molecule has 1 amide bonds. The lowest BCUT2D eigenvalue weighted by Gasteiger charge is -2.15. The summed E-state index contributed by atoms with van der Waals surface area (Å²) in [6.07, 6.45) is 1.73. The summed E-state index contributed by atoms with van der Waals surface area (Å²) in [6, 6.07) is 11.3. The van der Waals surface area contributed by atoms with E-state index in [1.807, 2.05) is 38.1 Å². The molecule has 0 bridgehead atoms. The van der Waals surface area contributed by atoms with Gasteiger partial charge in [-0.15, -0.1) is 0 Å². The lowest BCUT2D eigenvalue weighted by molar-refractivity contribution is -0.255. The monoisotopic (exact) mass is 487 g/mol. The van der Waals surface area contributed by atoms with E-state index >= 15 is 0 Å². The van der Waals surface area contributed by atoms with Gasteiger partial charge in [-0.3, -0.25) is 4.79 Å². The predicted octanol–water partition coefficient (Wildman–Crippen LogP) is 2.33. The normalized spacial score (nSPS) is 15.6. The van der Waals surface area contributed by atoms with Crippen LogP contribution in [-0.2, 0) is 4.79 Å². The molecule has 0 atom stereocenters. The van der Waals surface area contributed by atoms with Gasteiger partial charge in [0, 0.05) is 17.1 Å². The number of hydrogen-bond acceptors (Lipinski definition) is 7. The fourth-order valence-electron chi connectivity index (χ4n) is 3.89. The third-order valence-corrected chi connectivity index (χ3v) is 6.76. The third-order valence-electron chi connectivity index (χ3n) is 5.85. The van der Waals surface area contributed by atoms with E-state index in [2.05, 4.69) is 10.3 Å². The van der Waals surface area contributed by atoms with Crippen molar-refractivity contribution < 1.29 is 24.6 Å². The molecule has 1 aliphatic rings. The third kappa shape index (κ3) is 4.76. The summed E-state index contributed by atoms with van der Waals surface area (Å²) < 4.78 is 1.72. The number of benzene rings is 2. The standard InChI is InChI=1S/C26H23N3O5S/c1-13-6-5-7-21(15(13)3)27-26-28-23(30)22(35-26)12-17-8-14(2)29(16(17)4)20-10-18(24(31)32)9-19(11-20)25(33)34/h5-12H,1-4H3,(H,31,32)(H,33,34)(H,27,28,30)/p-2/b22-12-. The van der Waals surface area contributed by atoms with Crippen LogP contribution in [-0.4, -0.2) is 27.6 Å². The summed E-state index contributed by atoms with van der Waals surface area (Å²) in [5.41, 5.74) is 4.86. The van der Waals surface area contributed by atoms with Crippen LogP contribution in [0, 0.1) is 27.7 Å². The quantitative estimate of drug-likeness (QED) is 0.551. The topological polar surface area (TPSA) is 127 Å². The smallest absolute Gasteiger partial charge is 0.264 e. The molecule has 4 rings (SSSR count). The highest BCUT2D eigenvalue weighted by molar-refractivity contribution is 8.18. The lowest BCUT2D eigenvalue weighted by atomic mass is 10.1. The van der Waals surface area contributed by atoms with Gasteiger partial charge in [0.05, 0.1) is 22.5 Å². The number of carbonyl (C=O) groups excluding carboxylic acids is 3. The summed E-state index contributed by atoms with van der Waals surface area (Å²) in [4.78, 5) is 40.4. The highest BCUT2D eigenvalue weighted by Crippen LogP contribution is 2.32. The van der Waals surface area contributed by atoms with Crippen molar-refractivity contribution in [1.29, 1.82) is 0 Å².